The van der Waals surface area contributed by atoms with E-state index in [4.69, 9.17) is 11.6 Å². The van der Waals surface area contributed by atoms with Crippen molar-refractivity contribution in [2.45, 2.75) is 25.7 Å². The number of rotatable bonds is 2. The Morgan fingerprint density at radius 3 is 2.81 bits per heavy atom. The first-order chi connectivity index (χ1) is 10.1. The predicted molar refractivity (Wildman–Crippen MR) is 84.1 cm³/mol. The van der Waals surface area contributed by atoms with Gasteiger partial charge >= 0.3 is 0 Å². The summed E-state index contributed by atoms with van der Waals surface area (Å²) in [6, 6.07) is 4.79. The van der Waals surface area contributed by atoms with Crippen LogP contribution in [0.2, 0.25) is 5.02 Å². The molecule has 1 aromatic rings. The Bertz CT molecular complexity index is 538. The Labute approximate surface area is 129 Å². The Balaban J connectivity index is 1.81. The summed E-state index contributed by atoms with van der Waals surface area (Å²) in [7, 11) is 0. The molecule has 0 bridgehead atoms. The zero-order chi connectivity index (χ0) is 14.9. The number of halogens is 1. The minimum atomic E-state index is -0.404. The topological polar surface area (TPSA) is 58.4 Å². The Kier molecular flexibility index (Phi) is 4.04. The summed E-state index contributed by atoms with van der Waals surface area (Å²) in [5.41, 5.74) is 1.31. The van der Waals surface area contributed by atoms with Crippen LogP contribution >= 0.6 is 11.6 Å². The number of non-ortho nitro benzene ring substituents is 1. The molecule has 21 heavy (non-hydrogen) atoms. The zero-order valence-corrected chi connectivity index (χ0v) is 12.7. The number of anilines is 1. The molecule has 0 aromatic heterocycles. The molecule has 2 aliphatic heterocycles. The van der Waals surface area contributed by atoms with Gasteiger partial charge in [-0.1, -0.05) is 11.6 Å². The highest BCUT2D eigenvalue weighted by atomic mass is 35.5. The van der Waals surface area contributed by atoms with Crippen molar-refractivity contribution in [1.29, 1.82) is 0 Å². The second-order valence-electron chi connectivity index (χ2n) is 6.20. The van der Waals surface area contributed by atoms with Gasteiger partial charge < -0.3 is 10.2 Å². The molecule has 114 valence electrons. The van der Waals surface area contributed by atoms with Crippen molar-refractivity contribution in [3.05, 3.63) is 33.3 Å². The first kappa shape index (κ1) is 14.6. The Hall–Kier alpha value is -1.33. The fourth-order valence-corrected chi connectivity index (χ4v) is 3.95. The lowest BCUT2D eigenvalue weighted by molar-refractivity contribution is -0.384. The second kappa shape index (κ2) is 5.81. The van der Waals surface area contributed by atoms with E-state index in [1.807, 2.05) is 0 Å². The molecule has 0 aliphatic carbocycles. The summed E-state index contributed by atoms with van der Waals surface area (Å²) in [6.45, 7) is 4.13. The van der Waals surface area contributed by atoms with E-state index >= 15 is 0 Å². The van der Waals surface area contributed by atoms with Crippen molar-refractivity contribution < 1.29 is 4.92 Å². The highest BCUT2D eigenvalue weighted by molar-refractivity contribution is 6.33. The highest BCUT2D eigenvalue weighted by Crippen LogP contribution is 2.40. The molecule has 0 radical (unpaired) electrons. The zero-order valence-electron chi connectivity index (χ0n) is 12.0. The third-order valence-electron chi connectivity index (χ3n) is 4.70. The molecular formula is C15H20ClN3O2. The lowest BCUT2D eigenvalue weighted by atomic mass is 9.74. The van der Waals surface area contributed by atoms with Crippen molar-refractivity contribution >= 4 is 23.0 Å². The molecule has 0 saturated carbocycles. The van der Waals surface area contributed by atoms with Gasteiger partial charge in [0.15, 0.2) is 0 Å². The molecule has 0 amide bonds. The van der Waals surface area contributed by atoms with Gasteiger partial charge in [0.25, 0.3) is 5.69 Å². The monoisotopic (exact) mass is 309 g/mol. The van der Waals surface area contributed by atoms with Crippen molar-refractivity contribution in [2.24, 2.45) is 5.41 Å². The van der Waals surface area contributed by atoms with Crippen molar-refractivity contribution in [3.63, 3.8) is 0 Å². The summed E-state index contributed by atoms with van der Waals surface area (Å²) in [5.74, 6) is 0. The molecule has 5 nitrogen and oxygen atoms in total. The van der Waals surface area contributed by atoms with E-state index < -0.39 is 4.92 Å². The normalized spacial score (nSPS) is 26.0. The van der Waals surface area contributed by atoms with Gasteiger partial charge in [-0.25, -0.2) is 0 Å². The summed E-state index contributed by atoms with van der Waals surface area (Å²) >= 11 is 6.27. The molecule has 1 N–H and O–H groups in total. The van der Waals surface area contributed by atoms with Crippen LogP contribution in [0.1, 0.15) is 25.7 Å². The lowest BCUT2D eigenvalue weighted by Gasteiger charge is -2.46. The average Bonchev–Trinajstić information content (AvgIpc) is 2.48. The van der Waals surface area contributed by atoms with E-state index in [0.29, 0.717) is 10.4 Å². The quantitative estimate of drug-likeness (QED) is 0.673. The van der Waals surface area contributed by atoms with Crippen LogP contribution in [0.15, 0.2) is 18.2 Å². The van der Waals surface area contributed by atoms with Gasteiger partial charge in [0, 0.05) is 37.2 Å². The smallest absolute Gasteiger partial charge is 0.271 e. The largest absolute Gasteiger partial charge is 0.370 e. The van der Waals surface area contributed by atoms with Gasteiger partial charge in [-0.2, -0.15) is 0 Å². The van der Waals surface area contributed by atoms with Gasteiger partial charge in [0.1, 0.15) is 0 Å². The molecular weight excluding hydrogens is 290 g/mol. The summed E-state index contributed by atoms with van der Waals surface area (Å²) in [5, 5.41) is 14.8. The number of nitro groups is 1. The number of nitrogens with zero attached hydrogens (tertiary/aromatic N) is 2. The molecule has 2 saturated heterocycles. The fourth-order valence-electron chi connectivity index (χ4n) is 3.66. The van der Waals surface area contributed by atoms with Crippen LogP contribution in [0.25, 0.3) is 0 Å². The average molecular weight is 310 g/mol. The molecule has 1 aromatic carbocycles. The van der Waals surface area contributed by atoms with Crippen molar-refractivity contribution in [2.75, 3.05) is 31.1 Å². The maximum Gasteiger partial charge on any atom is 0.271 e. The number of piperidine rings is 2. The van der Waals surface area contributed by atoms with Crippen LogP contribution in [0.5, 0.6) is 0 Å². The third kappa shape index (κ3) is 2.99. The molecule has 2 aliphatic rings. The van der Waals surface area contributed by atoms with E-state index in [9.17, 15) is 10.1 Å². The van der Waals surface area contributed by atoms with E-state index in [1.165, 1.54) is 25.3 Å². The minimum Gasteiger partial charge on any atom is -0.370 e. The first-order valence-corrected chi connectivity index (χ1v) is 7.87. The van der Waals surface area contributed by atoms with E-state index in [1.54, 1.807) is 12.1 Å². The maximum absolute atomic E-state index is 10.8. The number of nitrogens with one attached hydrogen (secondary N) is 1. The number of nitro benzene ring substituents is 1. The number of hydrogen-bond acceptors (Lipinski definition) is 4. The first-order valence-electron chi connectivity index (χ1n) is 7.49. The Morgan fingerprint density at radius 2 is 2.14 bits per heavy atom. The van der Waals surface area contributed by atoms with E-state index in [0.717, 1.165) is 38.3 Å². The lowest BCUT2D eigenvalue weighted by Crippen LogP contribution is -2.51. The standard InChI is InChI=1S/C15H20ClN3O2/c16-13-9-12(19(20)21)3-4-14(13)18-8-2-6-15(11-18)5-1-7-17-10-15/h3-4,9,17H,1-2,5-8,10-11H2. The van der Waals surface area contributed by atoms with Gasteiger partial charge in [0.2, 0.25) is 0 Å². The van der Waals surface area contributed by atoms with Crippen LogP contribution in [-0.2, 0) is 0 Å². The van der Waals surface area contributed by atoms with Gasteiger partial charge in [-0.15, -0.1) is 0 Å². The van der Waals surface area contributed by atoms with Gasteiger partial charge in [-0.3, -0.25) is 10.1 Å². The molecule has 1 spiro atoms. The van der Waals surface area contributed by atoms with E-state index in [2.05, 4.69) is 10.2 Å². The number of benzene rings is 1. The van der Waals surface area contributed by atoms with Gasteiger partial charge in [0.05, 0.1) is 15.6 Å². The van der Waals surface area contributed by atoms with Crippen molar-refractivity contribution in [3.8, 4) is 0 Å². The summed E-state index contributed by atoms with van der Waals surface area (Å²) in [6.07, 6.45) is 4.87. The minimum absolute atomic E-state index is 0.0507. The van der Waals surface area contributed by atoms with Crippen LogP contribution in [-0.4, -0.2) is 31.1 Å². The number of hydrogen-bond donors (Lipinski definition) is 1. The second-order valence-corrected chi connectivity index (χ2v) is 6.61. The maximum atomic E-state index is 10.8. The van der Waals surface area contributed by atoms with E-state index in [-0.39, 0.29) is 5.69 Å². The van der Waals surface area contributed by atoms with Crippen LogP contribution in [0, 0.1) is 15.5 Å². The van der Waals surface area contributed by atoms with Crippen LogP contribution in [0.3, 0.4) is 0 Å². The SMILES string of the molecule is O=[N+]([O-])c1ccc(N2CCCC3(CCCNC3)C2)c(Cl)c1. The van der Waals surface area contributed by atoms with Crippen LogP contribution < -0.4 is 10.2 Å². The summed E-state index contributed by atoms with van der Waals surface area (Å²) < 4.78 is 0. The molecule has 6 heteroatoms. The van der Waals surface area contributed by atoms with Crippen LogP contribution in [0.4, 0.5) is 11.4 Å². The molecule has 1 atom stereocenters. The predicted octanol–water partition coefficient (Wildman–Crippen LogP) is 3.22. The fraction of sp³-hybridized carbons (Fsp3) is 0.600. The Morgan fingerprint density at radius 1 is 1.33 bits per heavy atom. The van der Waals surface area contributed by atoms with Gasteiger partial charge in [-0.05, 0) is 38.3 Å². The third-order valence-corrected chi connectivity index (χ3v) is 5.01. The molecule has 1 unspecified atom stereocenters. The molecule has 2 fully saturated rings. The highest BCUT2D eigenvalue weighted by Gasteiger charge is 2.37. The molecule has 2 heterocycles. The molecule has 3 rings (SSSR count). The van der Waals surface area contributed by atoms with Crippen molar-refractivity contribution in [1.82, 2.24) is 5.32 Å². The summed E-state index contributed by atoms with van der Waals surface area (Å²) in [4.78, 5) is 12.7.